The van der Waals surface area contributed by atoms with Crippen LogP contribution in [-0.2, 0) is 6.42 Å². The van der Waals surface area contributed by atoms with E-state index in [-0.39, 0.29) is 5.78 Å². The van der Waals surface area contributed by atoms with Crippen LogP contribution < -0.4 is 0 Å². The van der Waals surface area contributed by atoms with Crippen LogP contribution in [0.1, 0.15) is 21.5 Å². The van der Waals surface area contributed by atoms with E-state index in [4.69, 9.17) is 0 Å². The summed E-state index contributed by atoms with van der Waals surface area (Å²) in [5, 5.41) is 0.963. The lowest BCUT2D eigenvalue weighted by molar-refractivity contribution is 0.0994. The van der Waals surface area contributed by atoms with Crippen molar-refractivity contribution in [2.24, 2.45) is 0 Å². The molecule has 3 aromatic rings. The maximum atomic E-state index is 12.5. The van der Waals surface area contributed by atoms with E-state index < -0.39 is 0 Å². The smallest absolute Gasteiger partial charge is 0.169 e. The van der Waals surface area contributed by atoms with Gasteiger partial charge in [-0.25, -0.2) is 0 Å². The van der Waals surface area contributed by atoms with Crippen LogP contribution in [0, 0.1) is 6.92 Å². The Bertz CT molecular complexity index is 771. The van der Waals surface area contributed by atoms with Crippen LogP contribution >= 0.6 is 15.9 Å². The molecule has 0 aliphatic rings. The monoisotopic (exact) mass is 327 g/mol. The number of aromatic amines is 1. The summed E-state index contributed by atoms with van der Waals surface area (Å²) in [4.78, 5) is 15.6. The van der Waals surface area contributed by atoms with Crippen LogP contribution in [0.3, 0.4) is 0 Å². The van der Waals surface area contributed by atoms with E-state index in [1.165, 1.54) is 5.56 Å². The number of hydrogen-bond donors (Lipinski definition) is 1. The number of Topliss-reactive ketones (excluding diaryl/α,β-unsaturated/α-hetero) is 1. The Morgan fingerprint density at radius 2 is 1.90 bits per heavy atom. The number of hydrogen-bond acceptors (Lipinski definition) is 1. The molecule has 0 amide bonds. The molecule has 3 heteroatoms. The topological polar surface area (TPSA) is 32.9 Å². The van der Waals surface area contributed by atoms with Crippen molar-refractivity contribution in [2.45, 2.75) is 13.3 Å². The molecule has 0 bridgehead atoms. The van der Waals surface area contributed by atoms with Crippen LogP contribution in [0.4, 0.5) is 0 Å². The minimum atomic E-state index is 0.131. The fourth-order valence-electron chi connectivity index (χ4n) is 2.35. The molecule has 2 aromatic carbocycles. The fraction of sp³-hybridized carbons (Fsp3) is 0.118. The Balaban J connectivity index is 1.95. The van der Waals surface area contributed by atoms with Gasteiger partial charge in [0.05, 0.1) is 0 Å². The zero-order valence-electron chi connectivity index (χ0n) is 11.1. The molecule has 0 radical (unpaired) electrons. The minimum absolute atomic E-state index is 0.131. The zero-order valence-corrected chi connectivity index (χ0v) is 12.7. The van der Waals surface area contributed by atoms with Crippen LogP contribution in [0.5, 0.6) is 0 Å². The molecule has 0 saturated heterocycles. The van der Waals surface area contributed by atoms with E-state index in [0.717, 1.165) is 26.5 Å². The van der Waals surface area contributed by atoms with Crippen LogP contribution in [-0.4, -0.2) is 10.8 Å². The highest BCUT2D eigenvalue weighted by Gasteiger charge is 2.14. The van der Waals surface area contributed by atoms with Gasteiger partial charge in [-0.3, -0.25) is 4.79 Å². The first-order valence-corrected chi connectivity index (χ1v) is 7.29. The van der Waals surface area contributed by atoms with Crippen molar-refractivity contribution in [3.63, 3.8) is 0 Å². The highest BCUT2D eigenvalue weighted by atomic mass is 79.9. The van der Waals surface area contributed by atoms with Gasteiger partial charge in [0.25, 0.3) is 0 Å². The standard InChI is InChI=1S/C17H14BrNO/c1-11-5-7-12(8-6-11)9-16(20)13-10-19-15-4-2-3-14(18)17(13)15/h2-8,10,19H,9H2,1H3. The van der Waals surface area contributed by atoms with Gasteiger partial charge >= 0.3 is 0 Å². The highest BCUT2D eigenvalue weighted by molar-refractivity contribution is 9.10. The molecule has 0 atom stereocenters. The molecule has 1 aromatic heterocycles. The highest BCUT2D eigenvalue weighted by Crippen LogP contribution is 2.27. The van der Waals surface area contributed by atoms with Crippen LogP contribution in [0.15, 0.2) is 53.1 Å². The summed E-state index contributed by atoms with van der Waals surface area (Å²) in [5.41, 5.74) is 3.97. The summed E-state index contributed by atoms with van der Waals surface area (Å²) in [6.07, 6.45) is 2.22. The molecule has 1 heterocycles. The number of aryl methyl sites for hydroxylation is 1. The molecule has 20 heavy (non-hydrogen) atoms. The number of H-pyrrole nitrogens is 1. The number of ketones is 1. The maximum absolute atomic E-state index is 12.5. The molecule has 0 unspecified atom stereocenters. The van der Waals surface area contributed by atoms with Gasteiger partial charge < -0.3 is 4.98 Å². The average Bonchev–Trinajstić information content (AvgIpc) is 2.87. The van der Waals surface area contributed by atoms with Crippen molar-refractivity contribution < 1.29 is 4.79 Å². The number of rotatable bonds is 3. The van der Waals surface area contributed by atoms with Gasteiger partial charge in [0, 0.05) is 33.6 Å². The van der Waals surface area contributed by atoms with Crippen LogP contribution in [0.25, 0.3) is 10.9 Å². The third-order valence-corrected chi connectivity index (χ3v) is 4.10. The molecule has 0 aliphatic heterocycles. The first-order valence-electron chi connectivity index (χ1n) is 6.49. The van der Waals surface area contributed by atoms with Crippen molar-refractivity contribution >= 4 is 32.6 Å². The first-order chi connectivity index (χ1) is 9.65. The van der Waals surface area contributed by atoms with Crippen molar-refractivity contribution in [3.8, 4) is 0 Å². The quantitative estimate of drug-likeness (QED) is 0.697. The van der Waals surface area contributed by atoms with Gasteiger partial charge in [-0.15, -0.1) is 0 Å². The number of aromatic nitrogens is 1. The normalized spacial score (nSPS) is 10.9. The largest absolute Gasteiger partial charge is 0.360 e. The van der Waals surface area contributed by atoms with Crippen molar-refractivity contribution in [2.75, 3.05) is 0 Å². The van der Waals surface area contributed by atoms with E-state index >= 15 is 0 Å². The maximum Gasteiger partial charge on any atom is 0.169 e. The number of carbonyl (C=O) groups is 1. The Morgan fingerprint density at radius 3 is 2.65 bits per heavy atom. The molecule has 2 nitrogen and oxygen atoms in total. The first kappa shape index (κ1) is 13.1. The summed E-state index contributed by atoms with van der Waals surface area (Å²) in [6, 6.07) is 14.0. The van der Waals surface area contributed by atoms with E-state index in [9.17, 15) is 4.79 Å². The number of carbonyl (C=O) groups excluding carboxylic acids is 1. The summed E-state index contributed by atoms with van der Waals surface area (Å²) in [6.45, 7) is 2.04. The van der Waals surface area contributed by atoms with E-state index in [0.29, 0.717) is 6.42 Å². The van der Waals surface area contributed by atoms with E-state index in [1.54, 1.807) is 6.20 Å². The molecular weight excluding hydrogens is 314 g/mol. The van der Waals surface area contributed by atoms with Gasteiger partial charge in [0.1, 0.15) is 0 Å². The molecule has 3 rings (SSSR count). The predicted octanol–water partition coefficient (Wildman–Crippen LogP) is 4.66. The Labute approximate surface area is 126 Å². The summed E-state index contributed by atoms with van der Waals surface area (Å²) in [5.74, 6) is 0.131. The van der Waals surface area contributed by atoms with Crippen LogP contribution in [0.2, 0.25) is 0 Å². The lowest BCUT2D eigenvalue weighted by Gasteiger charge is -2.02. The fourth-order valence-corrected chi connectivity index (χ4v) is 2.93. The van der Waals surface area contributed by atoms with Gasteiger partial charge in [-0.05, 0) is 24.6 Å². The van der Waals surface area contributed by atoms with Gasteiger partial charge in [-0.1, -0.05) is 51.8 Å². The third kappa shape index (κ3) is 2.41. The Morgan fingerprint density at radius 1 is 1.15 bits per heavy atom. The number of nitrogens with one attached hydrogen (secondary N) is 1. The Hall–Kier alpha value is -1.87. The molecule has 0 fully saturated rings. The second-order valence-corrected chi connectivity index (χ2v) is 5.80. The second kappa shape index (κ2) is 5.25. The van der Waals surface area contributed by atoms with E-state index in [2.05, 4.69) is 20.9 Å². The second-order valence-electron chi connectivity index (χ2n) is 4.95. The van der Waals surface area contributed by atoms with Gasteiger partial charge in [-0.2, -0.15) is 0 Å². The van der Waals surface area contributed by atoms with Crippen molar-refractivity contribution in [3.05, 3.63) is 69.8 Å². The summed E-state index contributed by atoms with van der Waals surface area (Å²) >= 11 is 3.52. The summed E-state index contributed by atoms with van der Waals surface area (Å²) < 4.78 is 0.948. The molecule has 0 spiro atoms. The zero-order chi connectivity index (χ0) is 14.1. The Kier molecular flexibility index (Phi) is 3.45. The van der Waals surface area contributed by atoms with Crippen molar-refractivity contribution in [1.82, 2.24) is 4.98 Å². The lowest BCUT2D eigenvalue weighted by Crippen LogP contribution is -2.02. The third-order valence-electron chi connectivity index (χ3n) is 3.44. The number of halogens is 1. The number of benzene rings is 2. The number of fused-ring (bicyclic) bond motifs is 1. The molecule has 0 saturated carbocycles. The SMILES string of the molecule is Cc1ccc(CC(=O)c2c[nH]c3cccc(Br)c23)cc1. The molecule has 1 N–H and O–H groups in total. The lowest BCUT2D eigenvalue weighted by atomic mass is 10.0. The van der Waals surface area contributed by atoms with Crippen molar-refractivity contribution in [1.29, 1.82) is 0 Å². The minimum Gasteiger partial charge on any atom is -0.360 e. The van der Waals surface area contributed by atoms with E-state index in [1.807, 2.05) is 49.4 Å². The predicted molar refractivity (Wildman–Crippen MR) is 85.2 cm³/mol. The molecule has 100 valence electrons. The van der Waals surface area contributed by atoms with Gasteiger partial charge in [0.15, 0.2) is 5.78 Å². The summed E-state index contributed by atoms with van der Waals surface area (Å²) in [7, 11) is 0. The molecular formula is C17H14BrNO. The molecule has 0 aliphatic carbocycles. The van der Waals surface area contributed by atoms with Gasteiger partial charge in [0.2, 0.25) is 0 Å². The average molecular weight is 328 g/mol.